The van der Waals surface area contributed by atoms with Gasteiger partial charge in [-0.2, -0.15) is 0 Å². The number of anilines is 3. The molecule has 0 bridgehead atoms. The van der Waals surface area contributed by atoms with Crippen LogP contribution in [0.5, 0.6) is 0 Å². The van der Waals surface area contributed by atoms with Gasteiger partial charge >= 0.3 is 0 Å². The van der Waals surface area contributed by atoms with E-state index in [9.17, 15) is 13.2 Å². The lowest BCUT2D eigenvalue weighted by molar-refractivity contribution is 0.449. The molecule has 0 saturated heterocycles. The van der Waals surface area contributed by atoms with Crippen LogP contribution >= 0.6 is 0 Å². The van der Waals surface area contributed by atoms with Crippen molar-refractivity contribution in [2.45, 2.75) is 13.8 Å². The lowest BCUT2D eigenvalue weighted by Gasteiger charge is -2.12. The Morgan fingerprint density at radius 2 is 1.75 bits per heavy atom. The van der Waals surface area contributed by atoms with E-state index in [-0.39, 0.29) is 5.69 Å². The molecule has 106 valence electrons. The number of nitrogens with zero attached hydrogens (tertiary/aromatic N) is 2. The molecule has 2 N–H and O–H groups in total. The van der Waals surface area contributed by atoms with E-state index >= 15 is 0 Å². The largest absolute Gasteiger partial charge is 0.370 e. The van der Waals surface area contributed by atoms with E-state index in [0.29, 0.717) is 23.7 Å². The van der Waals surface area contributed by atoms with Crippen molar-refractivity contribution in [1.29, 1.82) is 0 Å². The number of benzene rings is 1. The molecule has 0 aliphatic carbocycles. The van der Waals surface area contributed by atoms with Crippen LogP contribution in [-0.4, -0.2) is 16.5 Å². The summed E-state index contributed by atoms with van der Waals surface area (Å²) in [7, 11) is 0. The van der Waals surface area contributed by atoms with E-state index in [1.54, 1.807) is 6.92 Å². The van der Waals surface area contributed by atoms with Gasteiger partial charge in [0.2, 0.25) is 0 Å². The number of hydrogen-bond donors (Lipinski definition) is 2. The molecule has 0 aliphatic heterocycles. The Balaban J connectivity index is 2.36. The minimum atomic E-state index is -1.52. The average molecular weight is 282 g/mol. The molecule has 0 radical (unpaired) electrons. The van der Waals surface area contributed by atoms with E-state index in [4.69, 9.17) is 0 Å². The van der Waals surface area contributed by atoms with Crippen LogP contribution in [0.2, 0.25) is 0 Å². The normalized spacial score (nSPS) is 10.4. The van der Waals surface area contributed by atoms with Crippen LogP contribution in [0.25, 0.3) is 0 Å². The third-order valence-electron chi connectivity index (χ3n) is 2.72. The maximum atomic E-state index is 13.6. The summed E-state index contributed by atoms with van der Waals surface area (Å²) in [5.41, 5.74) is 0.464. The second-order valence-corrected chi connectivity index (χ2v) is 4.07. The molecule has 0 fully saturated rings. The number of aromatic nitrogens is 2. The van der Waals surface area contributed by atoms with Crippen LogP contribution in [0.4, 0.5) is 30.5 Å². The van der Waals surface area contributed by atoms with Crippen LogP contribution in [0, 0.1) is 24.4 Å². The van der Waals surface area contributed by atoms with Gasteiger partial charge in [0, 0.05) is 12.1 Å². The van der Waals surface area contributed by atoms with Crippen LogP contribution in [0.3, 0.4) is 0 Å². The smallest absolute Gasteiger partial charge is 0.196 e. The maximum absolute atomic E-state index is 13.6. The van der Waals surface area contributed by atoms with Gasteiger partial charge in [0.15, 0.2) is 17.5 Å². The molecule has 2 rings (SSSR count). The van der Waals surface area contributed by atoms with Crippen LogP contribution < -0.4 is 10.6 Å². The zero-order chi connectivity index (χ0) is 14.7. The zero-order valence-corrected chi connectivity index (χ0v) is 11.0. The second kappa shape index (κ2) is 5.77. The maximum Gasteiger partial charge on any atom is 0.196 e. The highest BCUT2D eigenvalue weighted by atomic mass is 19.2. The Hall–Kier alpha value is -2.31. The van der Waals surface area contributed by atoms with Crippen molar-refractivity contribution in [3.63, 3.8) is 0 Å². The number of halogens is 3. The molecule has 0 spiro atoms. The summed E-state index contributed by atoms with van der Waals surface area (Å²) in [6, 6.07) is 1.96. The molecule has 0 unspecified atom stereocenters. The Morgan fingerprint density at radius 3 is 2.45 bits per heavy atom. The zero-order valence-electron chi connectivity index (χ0n) is 11.0. The summed E-state index contributed by atoms with van der Waals surface area (Å²) in [6.45, 7) is 4.30. The summed E-state index contributed by atoms with van der Waals surface area (Å²) in [6.07, 6.45) is 1.30. The van der Waals surface area contributed by atoms with E-state index in [0.717, 1.165) is 12.1 Å². The SMILES string of the molecule is CCNc1ncnc(Nc2ccc(F)c(F)c2F)c1C. The standard InChI is InChI=1S/C13H13F3N4/c1-3-17-12-7(2)13(19-6-18-12)20-9-5-4-8(14)10(15)11(9)16/h4-6H,3H2,1-2H3,(H2,17,18,19,20). The van der Waals surface area contributed by atoms with Gasteiger partial charge in [0.05, 0.1) is 5.69 Å². The second-order valence-electron chi connectivity index (χ2n) is 4.07. The molecule has 0 saturated carbocycles. The topological polar surface area (TPSA) is 49.8 Å². The van der Waals surface area contributed by atoms with Crippen molar-refractivity contribution >= 4 is 17.3 Å². The Labute approximate surface area is 114 Å². The van der Waals surface area contributed by atoms with Crippen molar-refractivity contribution < 1.29 is 13.2 Å². The molecule has 1 heterocycles. The molecule has 2 aromatic rings. The molecule has 1 aromatic carbocycles. The first-order valence-electron chi connectivity index (χ1n) is 6.00. The van der Waals surface area contributed by atoms with Gasteiger partial charge in [0.25, 0.3) is 0 Å². The monoisotopic (exact) mass is 282 g/mol. The molecule has 7 heteroatoms. The summed E-state index contributed by atoms with van der Waals surface area (Å²) >= 11 is 0. The molecule has 0 amide bonds. The predicted molar refractivity (Wildman–Crippen MR) is 70.5 cm³/mol. The Kier molecular flexibility index (Phi) is 4.07. The predicted octanol–water partition coefficient (Wildman–Crippen LogP) is 3.38. The molecule has 20 heavy (non-hydrogen) atoms. The lowest BCUT2D eigenvalue weighted by Crippen LogP contribution is -2.06. The third kappa shape index (κ3) is 2.66. The van der Waals surface area contributed by atoms with E-state index in [2.05, 4.69) is 20.6 Å². The minimum Gasteiger partial charge on any atom is -0.370 e. The summed E-state index contributed by atoms with van der Waals surface area (Å²) in [5.74, 6) is -3.13. The molecular weight excluding hydrogens is 269 g/mol. The average Bonchev–Trinajstić information content (AvgIpc) is 2.44. The first-order chi connectivity index (χ1) is 9.54. The fourth-order valence-electron chi connectivity index (χ4n) is 1.67. The Bertz CT molecular complexity index is 631. The van der Waals surface area contributed by atoms with Gasteiger partial charge in [-0.05, 0) is 26.0 Å². The first-order valence-corrected chi connectivity index (χ1v) is 6.00. The van der Waals surface area contributed by atoms with Crippen LogP contribution in [0.1, 0.15) is 12.5 Å². The van der Waals surface area contributed by atoms with Crippen molar-refractivity contribution in [2.75, 3.05) is 17.2 Å². The molecule has 4 nitrogen and oxygen atoms in total. The Morgan fingerprint density at radius 1 is 1.05 bits per heavy atom. The van der Waals surface area contributed by atoms with Crippen LogP contribution in [-0.2, 0) is 0 Å². The quantitative estimate of drug-likeness (QED) is 0.844. The first kappa shape index (κ1) is 14.1. The molecule has 0 atom stereocenters. The summed E-state index contributed by atoms with van der Waals surface area (Å²) in [4.78, 5) is 8.00. The van der Waals surface area contributed by atoms with Crippen LogP contribution in [0.15, 0.2) is 18.5 Å². The minimum absolute atomic E-state index is 0.187. The van der Waals surface area contributed by atoms with Crippen molar-refractivity contribution in [3.05, 3.63) is 41.5 Å². The van der Waals surface area contributed by atoms with Gasteiger partial charge in [0.1, 0.15) is 18.0 Å². The lowest BCUT2D eigenvalue weighted by atomic mass is 10.2. The van der Waals surface area contributed by atoms with E-state index in [1.807, 2.05) is 6.92 Å². The fraction of sp³-hybridized carbons (Fsp3) is 0.231. The molecule has 1 aromatic heterocycles. The van der Waals surface area contributed by atoms with Crippen molar-refractivity contribution in [1.82, 2.24) is 9.97 Å². The highest BCUT2D eigenvalue weighted by Crippen LogP contribution is 2.26. The highest BCUT2D eigenvalue weighted by molar-refractivity contribution is 5.64. The third-order valence-corrected chi connectivity index (χ3v) is 2.72. The summed E-state index contributed by atoms with van der Waals surface area (Å²) in [5, 5.41) is 5.65. The van der Waals surface area contributed by atoms with E-state index < -0.39 is 17.5 Å². The highest BCUT2D eigenvalue weighted by Gasteiger charge is 2.15. The van der Waals surface area contributed by atoms with Gasteiger partial charge in [-0.1, -0.05) is 0 Å². The number of rotatable bonds is 4. The number of hydrogen-bond acceptors (Lipinski definition) is 4. The van der Waals surface area contributed by atoms with Crippen molar-refractivity contribution in [3.8, 4) is 0 Å². The summed E-state index contributed by atoms with van der Waals surface area (Å²) < 4.78 is 39.6. The van der Waals surface area contributed by atoms with Gasteiger partial charge in [-0.25, -0.2) is 23.1 Å². The van der Waals surface area contributed by atoms with Gasteiger partial charge < -0.3 is 10.6 Å². The van der Waals surface area contributed by atoms with Gasteiger partial charge in [-0.15, -0.1) is 0 Å². The van der Waals surface area contributed by atoms with E-state index in [1.165, 1.54) is 6.33 Å². The number of nitrogens with one attached hydrogen (secondary N) is 2. The van der Waals surface area contributed by atoms with Gasteiger partial charge in [-0.3, -0.25) is 0 Å². The molecular formula is C13H13F3N4. The molecule has 0 aliphatic rings. The fourth-order valence-corrected chi connectivity index (χ4v) is 1.67. The van der Waals surface area contributed by atoms with Crippen molar-refractivity contribution in [2.24, 2.45) is 0 Å².